The number of hydrogen-bond acceptors (Lipinski definition) is 5. The molecular formula is C18H26FIN6O. The highest BCUT2D eigenvalue weighted by Gasteiger charge is 2.22. The molecule has 7 nitrogen and oxygen atoms in total. The van der Waals surface area contributed by atoms with E-state index < -0.39 is 0 Å². The molecule has 1 saturated heterocycles. The van der Waals surface area contributed by atoms with Gasteiger partial charge in [0.05, 0.1) is 6.54 Å². The molecule has 1 atom stereocenters. The quantitative estimate of drug-likeness (QED) is 0.392. The molecule has 0 radical (unpaired) electrons. The number of nitrogens with zero attached hydrogens (tertiary/aromatic N) is 4. The zero-order valence-corrected chi connectivity index (χ0v) is 18.2. The third-order valence-corrected chi connectivity index (χ3v) is 4.47. The first kappa shape index (κ1) is 21.4. The van der Waals surface area contributed by atoms with Crippen molar-refractivity contribution in [2.75, 3.05) is 25.0 Å². The maximum Gasteiger partial charge on any atom is 0.223 e. The minimum absolute atomic E-state index is 0. The number of guanidine groups is 1. The van der Waals surface area contributed by atoms with Crippen LogP contribution in [-0.4, -0.2) is 42.3 Å². The molecule has 1 aliphatic heterocycles. The Hall–Kier alpha value is -1.91. The first-order valence-electron chi connectivity index (χ1n) is 8.82. The van der Waals surface area contributed by atoms with Crippen LogP contribution in [0.1, 0.15) is 30.1 Å². The Morgan fingerprint density at radius 2 is 2.22 bits per heavy atom. The lowest BCUT2D eigenvalue weighted by Crippen LogP contribution is -2.51. The van der Waals surface area contributed by atoms with E-state index in [1.807, 2.05) is 13.0 Å². The van der Waals surface area contributed by atoms with E-state index in [9.17, 15) is 4.39 Å². The first-order valence-corrected chi connectivity index (χ1v) is 8.82. The molecule has 2 aromatic rings. The van der Waals surface area contributed by atoms with Crippen LogP contribution >= 0.6 is 24.0 Å². The second-order valence-corrected chi connectivity index (χ2v) is 6.52. The Bertz CT molecular complexity index is 781. The second kappa shape index (κ2) is 9.86. The summed E-state index contributed by atoms with van der Waals surface area (Å²) >= 11 is 0. The zero-order chi connectivity index (χ0) is 18.5. The lowest BCUT2D eigenvalue weighted by Gasteiger charge is -2.36. The summed E-state index contributed by atoms with van der Waals surface area (Å²) in [5.41, 5.74) is 2.05. The van der Waals surface area contributed by atoms with Crippen molar-refractivity contribution in [2.45, 2.75) is 39.3 Å². The predicted molar refractivity (Wildman–Crippen MR) is 114 cm³/mol. The summed E-state index contributed by atoms with van der Waals surface area (Å²) in [6.45, 7) is 5.97. The van der Waals surface area contributed by atoms with Crippen LogP contribution in [-0.2, 0) is 6.54 Å². The number of hydrogen-bond donors (Lipinski definition) is 2. The fraction of sp³-hybridized carbons (Fsp3) is 0.500. The SMILES string of the molecule is CN=C(NCc1noc(C)n1)NC1CCCN(c2ccc(F)cc2C)C1.I. The largest absolute Gasteiger partial charge is 0.369 e. The summed E-state index contributed by atoms with van der Waals surface area (Å²) in [5, 5.41) is 10.5. The van der Waals surface area contributed by atoms with Gasteiger partial charge >= 0.3 is 0 Å². The fourth-order valence-electron chi connectivity index (χ4n) is 3.25. The van der Waals surface area contributed by atoms with E-state index >= 15 is 0 Å². The van der Waals surface area contributed by atoms with Crippen molar-refractivity contribution < 1.29 is 8.91 Å². The molecule has 2 heterocycles. The lowest BCUT2D eigenvalue weighted by molar-refractivity contribution is 0.386. The van der Waals surface area contributed by atoms with E-state index in [1.165, 1.54) is 6.07 Å². The monoisotopic (exact) mass is 488 g/mol. The maximum atomic E-state index is 13.4. The average molecular weight is 488 g/mol. The van der Waals surface area contributed by atoms with E-state index in [1.54, 1.807) is 20.0 Å². The van der Waals surface area contributed by atoms with Crippen LogP contribution in [0, 0.1) is 19.7 Å². The van der Waals surface area contributed by atoms with E-state index in [4.69, 9.17) is 4.52 Å². The molecule has 0 aliphatic carbocycles. The highest BCUT2D eigenvalue weighted by Crippen LogP contribution is 2.24. The highest BCUT2D eigenvalue weighted by atomic mass is 127. The van der Waals surface area contributed by atoms with Crippen molar-refractivity contribution >= 4 is 35.6 Å². The van der Waals surface area contributed by atoms with Crippen LogP contribution in [0.3, 0.4) is 0 Å². The Labute approximate surface area is 175 Å². The minimum Gasteiger partial charge on any atom is -0.369 e. The number of rotatable bonds is 4. The molecule has 2 N–H and O–H groups in total. The third kappa shape index (κ3) is 5.78. The Morgan fingerprint density at radius 1 is 1.41 bits per heavy atom. The Kier molecular flexibility index (Phi) is 7.81. The van der Waals surface area contributed by atoms with Crippen LogP contribution in [0.25, 0.3) is 0 Å². The lowest BCUT2D eigenvalue weighted by atomic mass is 10.0. The summed E-state index contributed by atoms with van der Waals surface area (Å²) in [7, 11) is 1.74. The van der Waals surface area contributed by atoms with Crippen LogP contribution in [0.4, 0.5) is 10.1 Å². The van der Waals surface area contributed by atoms with Gasteiger partial charge in [0.1, 0.15) is 5.82 Å². The van der Waals surface area contributed by atoms with Crippen molar-refractivity contribution in [1.29, 1.82) is 0 Å². The number of anilines is 1. The third-order valence-electron chi connectivity index (χ3n) is 4.47. The van der Waals surface area contributed by atoms with Gasteiger partial charge in [-0.2, -0.15) is 4.98 Å². The molecule has 0 bridgehead atoms. The van der Waals surface area contributed by atoms with E-state index in [0.717, 1.165) is 37.2 Å². The molecule has 9 heteroatoms. The van der Waals surface area contributed by atoms with E-state index in [-0.39, 0.29) is 35.8 Å². The van der Waals surface area contributed by atoms with Gasteiger partial charge in [0, 0.05) is 38.8 Å². The van der Waals surface area contributed by atoms with Crippen LogP contribution in [0.5, 0.6) is 0 Å². The van der Waals surface area contributed by atoms with Gasteiger partial charge in [-0.3, -0.25) is 4.99 Å². The van der Waals surface area contributed by atoms with Gasteiger partial charge in [-0.25, -0.2) is 4.39 Å². The van der Waals surface area contributed by atoms with Crippen molar-refractivity contribution in [3.63, 3.8) is 0 Å². The highest BCUT2D eigenvalue weighted by molar-refractivity contribution is 14.0. The molecule has 3 rings (SSSR count). The normalized spacial score (nSPS) is 17.4. The minimum atomic E-state index is -0.195. The molecule has 1 fully saturated rings. The van der Waals surface area contributed by atoms with Crippen molar-refractivity contribution in [3.8, 4) is 0 Å². The number of aryl methyl sites for hydroxylation is 2. The molecule has 0 saturated carbocycles. The summed E-state index contributed by atoms with van der Waals surface area (Å²) in [5.74, 6) is 1.65. The standard InChI is InChI=1S/C18H25FN6O.HI/c1-12-9-14(19)6-7-16(12)25-8-4-5-15(11-25)23-18(20-3)21-10-17-22-13(2)26-24-17;/h6-7,9,15H,4-5,8,10-11H2,1-3H3,(H2,20,21,23);1H. The summed E-state index contributed by atoms with van der Waals surface area (Å²) in [6, 6.07) is 5.22. The summed E-state index contributed by atoms with van der Waals surface area (Å²) < 4.78 is 18.3. The Morgan fingerprint density at radius 3 is 2.89 bits per heavy atom. The average Bonchev–Trinajstić information content (AvgIpc) is 3.04. The maximum absolute atomic E-state index is 13.4. The smallest absolute Gasteiger partial charge is 0.223 e. The van der Waals surface area contributed by atoms with Crippen LogP contribution < -0.4 is 15.5 Å². The van der Waals surface area contributed by atoms with Gasteiger partial charge < -0.3 is 20.1 Å². The predicted octanol–water partition coefficient (Wildman–Crippen LogP) is 2.78. The van der Waals surface area contributed by atoms with Gasteiger partial charge in [-0.05, 0) is 43.5 Å². The topological polar surface area (TPSA) is 78.6 Å². The summed E-state index contributed by atoms with van der Waals surface area (Å²) in [6.07, 6.45) is 2.12. The molecule has 1 aromatic carbocycles. The summed E-state index contributed by atoms with van der Waals surface area (Å²) in [4.78, 5) is 10.7. The zero-order valence-electron chi connectivity index (χ0n) is 15.8. The molecule has 1 aromatic heterocycles. The number of piperidine rings is 1. The van der Waals surface area contributed by atoms with Gasteiger partial charge in [0.25, 0.3) is 0 Å². The molecule has 0 spiro atoms. The van der Waals surface area contributed by atoms with Crippen molar-refractivity contribution in [3.05, 3.63) is 41.3 Å². The van der Waals surface area contributed by atoms with E-state index in [2.05, 4.69) is 30.7 Å². The number of halogens is 2. The van der Waals surface area contributed by atoms with Crippen molar-refractivity contribution in [1.82, 2.24) is 20.8 Å². The number of aliphatic imine (C=N–C) groups is 1. The molecule has 0 amide bonds. The molecule has 27 heavy (non-hydrogen) atoms. The first-order chi connectivity index (χ1) is 12.5. The molecule has 1 aliphatic rings. The molecule has 148 valence electrons. The van der Waals surface area contributed by atoms with Gasteiger partial charge in [0.2, 0.25) is 5.89 Å². The number of aromatic nitrogens is 2. The molecule has 1 unspecified atom stereocenters. The Balaban J connectivity index is 0.00000261. The second-order valence-electron chi connectivity index (χ2n) is 6.52. The van der Waals surface area contributed by atoms with Gasteiger partial charge in [-0.1, -0.05) is 5.16 Å². The fourth-order valence-corrected chi connectivity index (χ4v) is 3.25. The van der Waals surface area contributed by atoms with Crippen molar-refractivity contribution in [2.24, 2.45) is 4.99 Å². The van der Waals surface area contributed by atoms with Gasteiger partial charge in [0.15, 0.2) is 11.8 Å². The number of benzene rings is 1. The van der Waals surface area contributed by atoms with Crippen LogP contribution in [0.2, 0.25) is 0 Å². The van der Waals surface area contributed by atoms with E-state index in [0.29, 0.717) is 24.2 Å². The van der Waals surface area contributed by atoms with Crippen LogP contribution in [0.15, 0.2) is 27.7 Å². The van der Waals surface area contributed by atoms with Gasteiger partial charge in [-0.15, -0.1) is 24.0 Å². The molecular weight excluding hydrogens is 462 g/mol. The number of nitrogens with one attached hydrogen (secondary N) is 2.